The first kappa shape index (κ1) is 17.5. The maximum Gasteiger partial charge on any atom is 0.0641 e. The van der Waals surface area contributed by atoms with Crippen LogP contribution in [0.3, 0.4) is 0 Å². The molecule has 0 aliphatic carbocycles. The van der Waals surface area contributed by atoms with Crippen molar-refractivity contribution in [1.82, 2.24) is 0 Å². The Labute approximate surface area is 157 Å². The highest BCUT2D eigenvalue weighted by atomic mass is 35.5. The Morgan fingerprint density at radius 1 is 0.640 bits per heavy atom. The second kappa shape index (κ2) is 7.26. The van der Waals surface area contributed by atoms with Gasteiger partial charge in [0.1, 0.15) is 0 Å². The van der Waals surface area contributed by atoms with E-state index in [1.165, 1.54) is 0 Å². The van der Waals surface area contributed by atoms with Crippen LogP contribution >= 0.6 is 23.2 Å². The maximum absolute atomic E-state index is 6.34. The molecule has 0 aromatic heterocycles. The van der Waals surface area contributed by atoms with Crippen LogP contribution in [0.1, 0.15) is 22.3 Å². The molecule has 3 nitrogen and oxygen atoms in total. The smallest absolute Gasteiger partial charge is 0.0641 e. The zero-order chi connectivity index (χ0) is 18.0. The normalized spacial score (nSPS) is 10.8. The quantitative estimate of drug-likeness (QED) is 0.569. The average Bonchev–Trinajstić information content (AvgIpc) is 2.57. The summed E-state index contributed by atoms with van der Waals surface area (Å²) in [6.07, 6.45) is 1.40. The van der Waals surface area contributed by atoms with E-state index in [0.29, 0.717) is 34.3 Å². The van der Waals surface area contributed by atoms with Crippen LogP contribution in [0.25, 0.3) is 0 Å². The Bertz CT molecular complexity index is 906. The van der Waals surface area contributed by atoms with Gasteiger partial charge in [0.05, 0.1) is 21.4 Å². The minimum atomic E-state index is 0.557. The van der Waals surface area contributed by atoms with Crippen molar-refractivity contribution in [2.45, 2.75) is 12.8 Å². The summed E-state index contributed by atoms with van der Waals surface area (Å²) < 4.78 is 0. The van der Waals surface area contributed by atoms with Gasteiger partial charge in [-0.15, -0.1) is 0 Å². The molecule has 3 aromatic carbocycles. The predicted octanol–water partition coefficient (Wildman–Crippen LogP) is 4.92. The molecule has 0 aliphatic rings. The lowest BCUT2D eigenvalue weighted by molar-refractivity contribution is 1.14. The molecule has 6 N–H and O–H groups in total. The maximum atomic E-state index is 6.34. The van der Waals surface area contributed by atoms with Gasteiger partial charge in [0.25, 0.3) is 0 Å². The second-order valence-electron chi connectivity index (χ2n) is 6.10. The summed E-state index contributed by atoms with van der Waals surface area (Å²) in [4.78, 5) is 0. The van der Waals surface area contributed by atoms with Crippen LogP contribution in [-0.4, -0.2) is 0 Å². The molecule has 0 atom stereocenters. The molecule has 0 saturated carbocycles. The Balaban J connectivity index is 1.89. The molecule has 0 fully saturated rings. The number of nitrogen functional groups attached to an aromatic ring is 3. The number of rotatable bonds is 4. The summed E-state index contributed by atoms with van der Waals surface area (Å²) in [6.45, 7) is 0. The van der Waals surface area contributed by atoms with Crippen LogP contribution in [0.15, 0.2) is 54.6 Å². The largest absolute Gasteiger partial charge is 0.399 e. The molecule has 0 amide bonds. The first-order valence-corrected chi connectivity index (χ1v) is 8.63. The summed E-state index contributed by atoms with van der Waals surface area (Å²) in [7, 11) is 0. The van der Waals surface area contributed by atoms with E-state index in [2.05, 4.69) is 6.07 Å². The number of hydrogen-bond donors (Lipinski definition) is 3. The van der Waals surface area contributed by atoms with E-state index in [9.17, 15) is 0 Å². The monoisotopic (exact) mass is 371 g/mol. The van der Waals surface area contributed by atoms with Gasteiger partial charge in [0.2, 0.25) is 0 Å². The lowest BCUT2D eigenvalue weighted by atomic mass is 9.97. The van der Waals surface area contributed by atoms with Gasteiger partial charge in [-0.1, -0.05) is 47.5 Å². The summed E-state index contributed by atoms with van der Waals surface area (Å²) in [5.41, 5.74) is 23.9. The molecular formula is C20H19Cl2N3. The number of anilines is 3. The zero-order valence-corrected chi connectivity index (χ0v) is 15.1. The van der Waals surface area contributed by atoms with Crippen molar-refractivity contribution in [2.24, 2.45) is 0 Å². The van der Waals surface area contributed by atoms with Crippen molar-refractivity contribution in [2.75, 3.05) is 17.2 Å². The van der Waals surface area contributed by atoms with Crippen LogP contribution in [0.5, 0.6) is 0 Å². The lowest BCUT2D eigenvalue weighted by Crippen LogP contribution is -2.00. The minimum Gasteiger partial charge on any atom is -0.399 e. The number of halogens is 2. The molecule has 0 bridgehead atoms. The van der Waals surface area contributed by atoms with Gasteiger partial charge in [-0.25, -0.2) is 0 Å². The van der Waals surface area contributed by atoms with Crippen molar-refractivity contribution < 1.29 is 0 Å². The Morgan fingerprint density at radius 2 is 1.28 bits per heavy atom. The average molecular weight is 372 g/mol. The molecule has 5 heteroatoms. The molecule has 3 aromatic rings. The Kier molecular flexibility index (Phi) is 5.07. The number of nitrogens with two attached hydrogens (primary N) is 3. The summed E-state index contributed by atoms with van der Waals surface area (Å²) in [6, 6.07) is 17.4. The second-order valence-corrected chi connectivity index (χ2v) is 6.92. The molecule has 0 spiro atoms. The highest BCUT2D eigenvalue weighted by molar-refractivity contribution is 6.33. The molecule has 25 heavy (non-hydrogen) atoms. The molecule has 0 heterocycles. The molecular weight excluding hydrogens is 353 g/mol. The molecule has 128 valence electrons. The molecule has 0 aliphatic heterocycles. The van der Waals surface area contributed by atoms with Crippen molar-refractivity contribution in [1.29, 1.82) is 0 Å². The fraction of sp³-hybridized carbons (Fsp3) is 0.100. The first-order valence-electron chi connectivity index (χ1n) is 7.87. The van der Waals surface area contributed by atoms with E-state index in [0.717, 1.165) is 27.9 Å². The van der Waals surface area contributed by atoms with Crippen LogP contribution in [0.2, 0.25) is 10.0 Å². The summed E-state index contributed by atoms with van der Waals surface area (Å²) in [5.74, 6) is 0. The van der Waals surface area contributed by atoms with Gasteiger partial charge in [-0.05, 0) is 65.4 Å². The first-order chi connectivity index (χ1) is 11.9. The third kappa shape index (κ3) is 4.19. The Morgan fingerprint density at radius 3 is 1.96 bits per heavy atom. The van der Waals surface area contributed by atoms with Gasteiger partial charge in [-0.2, -0.15) is 0 Å². The topological polar surface area (TPSA) is 78.1 Å². The lowest BCUT2D eigenvalue weighted by Gasteiger charge is -2.12. The van der Waals surface area contributed by atoms with E-state index in [1.54, 1.807) is 0 Å². The third-order valence-corrected chi connectivity index (χ3v) is 4.76. The van der Waals surface area contributed by atoms with Crippen molar-refractivity contribution in [3.63, 3.8) is 0 Å². The zero-order valence-electron chi connectivity index (χ0n) is 13.6. The van der Waals surface area contributed by atoms with Crippen molar-refractivity contribution >= 4 is 40.3 Å². The third-order valence-electron chi connectivity index (χ3n) is 4.12. The minimum absolute atomic E-state index is 0.557. The fourth-order valence-corrected chi connectivity index (χ4v) is 3.22. The molecule has 3 rings (SSSR count). The summed E-state index contributed by atoms with van der Waals surface area (Å²) in [5, 5.41) is 1.12. The highest BCUT2D eigenvalue weighted by Crippen LogP contribution is 2.29. The van der Waals surface area contributed by atoms with Gasteiger partial charge >= 0.3 is 0 Å². The van der Waals surface area contributed by atoms with E-state index in [4.69, 9.17) is 40.4 Å². The molecule has 0 radical (unpaired) electrons. The van der Waals surface area contributed by atoms with Crippen LogP contribution in [0, 0.1) is 0 Å². The fourth-order valence-electron chi connectivity index (χ4n) is 2.76. The van der Waals surface area contributed by atoms with Crippen molar-refractivity contribution in [3.05, 3.63) is 86.9 Å². The van der Waals surface area contributed by atoms with Gasteiger partial charge < -0.3 is 17.2 Å². The SMILES string of the molecule is Nc1ccc(Cc2cc(Cc3ccc(N)c(Cl)c3)cc(Cl)c2N)cc1. The number of hydrogen-bond acceptors (Lipinski definition) is 3. The van der Waals surface area contributed by atoms with E-state index < -0.39 is 0 Å². The highest BCUT2D eigenvalue weighted by Gasteiger charge is 2.09. The number of benzene rings is 3. The van der Waals surface area contributed by atoms with E-state index in [1.807, 2.05) is 48.5 Å². The van der Waals surface area contributed by atoms with E-state index in [-0.39, 0.29) is 0 Å². The molecule has 0 saturated heterocycles. The van der Waals surface area contributed by atoms with Crippen molar-refractivity contribution in [3.8, 4) is 0 Å². The van der Waals surface area contributed by atoms with Gasteiger partial charge in [0.15, 0.2) is 0 Å². The Hall–Kier alpha value is -2.36. The van der Waals surface area contributed by atoms with E-state index >= 15 is 0 Å². The van der Waals surface area contributed by atoms with Gasteiger partial charge in [-0.3, -0.25) is 0 Å². The van der Waals surface area contributed by atoms with Gasteiger partial charge in [0, 0.05) is 5.69 Å². The molecule has 0 unspecified atom stereocenters. The summed E-state index contributed by atoms with van der Waals surface area (Å²) >= 11 is 12.4. The van der Waals surface area contributed by atoms with Crippen LogP contribution in [-0.2, 0) is 12.8 Å². The van der Waals surface area contributed by atoms with Crippen LogP contribution in [0.4, 0.5) is 17.1 Å². The predicted molar refractivity (Wildman–Crippen MR) is 108 cm³/mol. The van der Waals surface area contributed by atoms with Crippen LogP contribution < -0.4 is 17.2 Å². The standard InChI is InChI=1S/C20H19Cl2N3/c21-17-10-13(3-6-19(17)24)7-14-9-15(20(25)18(22)11-14)8-12-1-4-16(23)5-2-12/h1-6,9-11H,7-8,23-25H2.